The van der Waals surface area contributed by atoms with Crippen LogP contribution in [0.15, 0.2) is 48.5 Å². The molecule has 0 radical (unpaired) electrons. The molecule has 0 aromatic heterocycles. The smallest absolute Gasteiger partial charge is 0.410 e. The van der Waals surface area contributed by atoms with Crippen molar-refractivity contribution in [3.05, 3.63) is 59.7 Å². The Balaban J connectivity index is 1.26. The summed E-state index contributed by atoms with van der Waals surface area (Å²) in [5, 5.41) is 9.72. The molecule has 1 heterocycles. The zero-order valence-corrected chi connectivity index (χ0v) is 21.4. The molecule has 1 aliphatic heterocycles. The summed E-state index contributed by atoms with van der Waals surface area (Å²) in [4.78, 5) is 26.2. The van der Waals surface area contributed by atoms with Gasteiger partial charge in [-0.3, -0.25) is 4.90 Å². The SMILES string of the molecule is CCCCCCCCCCO[C@@H]1C[C@@H](C(=O)O)N(C(=O)OCC2c3ccccc3-c3ccccc32)C1. The number of unbranched alkanes of at least 4 members (excludes halogenated alkanes) is 7. The summed E-state index contributed by atoms with van der Waals surface area (Å²) in [7, 11) is 0. The summed E-state index contributed by atoms with van der Waals surface area (Å²) in [6.07, 6.45) is 9.21. The van der Waals surface area contributed by atoms with E-state index in [1.54, 1.807) is 0 Å². The van der Waals surface area contributed by atoms with Crippen molar-refractivity contribution in [3.63, 3.8) is 0 Å². The molecule has 0 unspecified atom stereocenters. The van der Waals surface area contributed by atoms with Gasteiger partial charge in [0, 0.05) is 18.9 Å². The molecule has 2 aromatic carbocycles. The number of aliphatic carboxylic acids is 1. The molecule has 1 amide bonds. The third kappa shape index (κ3) is 6.28. The molecule has 1 fully saturated rings. The molecule has 1 aliphatic carbocycles. The average molecular weight is 494 g/mol. The van der Waals surface area contributed by atoms with Crippen LogP contribution in [-0.4, -0.2) is 54.0 Å². The van der Waals surface area contributed by atoms with Gasteiger partial charge in [-0.2, -0.15) is 0 Å². The Labute approximate surface area is 214 Å². The fourth-order valence-electron chi connectivity index (χ4n) is 5.52. The van der Waals surface area contributed by atoms with Gasteiger partial charge >= 0.3 is 12.1 Å². The van der Waals surface area contributed by atoms with Crippen molar-refractivity contribution < 1.29 is 24.2 Å². The third-order valence-corrected chi connectivity index (χ3v) is 7.47. The minimum Gasteiger partial charge on any atom is -0.480 e. The third-order valence-electron chi connectivity index (χ3n) is 7.47. The number of amides is 1. The quantitative estimate of drug-likeness (QED) is 0.317. The predicted octanol–water partition coefficient (Wildman–Crippen LogP) is 6.62. The van der Waals surface area contributed by atoms with Gasteiger partial charge in [-0.05, 0) is 28.7 Å². The number of hydrogen-bond acceptors (Lipinski definition) is 4. The highest BCUT2D eigenvalue weighted by molar-refractivity contribution is 5.81. The van der Waals surface area contributed by atoms with Gasteiger partial charge in [0.1, 0.15) is 12.6 Å². The van der Waals surface area contributed by atoms with Gasteiger partial charge in [0.05, 0.1) is 12.6 Å². The summed E-state index contributed by atoms with van der Waals surface area (Å²) < 4.78 is 11.7. The Morgan fingerprint density at radius 2 is 1.47 bits per heavy atom. The van der Waals surface area contributed by atoms with Crippen molar-refractivity contribution in [2.45, 2.75) is 82.8 Å². The van der Waals surface area contributed by atoms with Crippen LogP contribution in [0.2, 0.25) is 0 Å². The van der Waals surface area contributed by atoms with Gasteiger partial charge in [0.2, 0.25) is 0 Å². The number of rotatable bonds is 13. The maximum Gasteiger partial charge on any atom is 0.410 e. The molecule has 0 bridgehead atoms. The van der Waals surface area contributed by atoms with E-state index in [-0.39, 0.29) is 25.2 Å². The fourth-order valence-corrected chi connectivity index (χ4v) is 5.52. The summed E-state index contributed by atoms with van der Waals surface area (Å²) >= 11 is 0. The molecule has 2 aromatic rings. The Hall–Kier alpha value is -2.86. The zero-order valence-electron chi connectivity index (χ0n) is 21.4. The number of nitrogens with zero attached hydrogens (tertiary/aromatic N) is 1. The molecule has 4 rings (SSSR count). The van der Waals surface area contributed by atoms with Gasteiger partial charge in [0.15, 0.2) is 0 Å². The Morgan fingerprint density at radius 1 is 0.889 bits per heavy atom. The van der Waals surface area contributed by atoms with Crippen LogP contribution < -0.4 is 0 Å². The van der Waals surface area contributed by atoms with E-state index in [0.29, 0.717) is 13.0 Å². The first-order valence-electron chi connectivity index (χ1n) is 13.6. The van der Waals surface area contributed by atoms with Crippen LogP contribution in [0.4, 0.5) is 4.79 Å². The predicted molar refractivity (Wildman–Crippen MR) is 140 cm³/mol. The second-order valence-corrected chi connectivity index (χ2v) is 10.0. The highest BCUT2D eigenvalue weighted by Crippen LogP contribution is 2.44. The van der Waals surface area contributed by atoms with E-state index in [1.165, 1.54) is 43.4 Å². The van der Waals surface area contributed by atoms with Gasteiger partial charge < -0.3 is 14.6 Å². The average Bonchev–Trinajstić information content (AvgIpc) is 3.46. The number of carboxylic acids is 1. The topological polar surface area (TPSA) is 76.1 Å². The van der Waals surface area contributed by atoms with Crippen molar-refractivity contribution in [1.82, 2.24) is 4.90 Å². The molecule has 0 spiro atoms. The van der Waals surface area contributed by atoms with Crippen LogP contribution in [0.25, 0.3) is 11.1 Å². The van der Waals surface area contributed by atoms with Crippen molar-refractivity contribution >= 4 is 12.1 Å². The van der Waals surface area contributed by atoms with Crippen molar-refractivity contribution in [2.75, 3.05) is 19.8 Å². The lowest BCUT2D eigenvalue weighted by molar-refractivity contribution is -0.141. The second-order valence-electron chi connectivity index (χ2n) is 10.0. The van der Waals surface area contributed by atoms with Crippen LogP contribution in [0.1, 0.15) is 81.8 Å². The summed E-state index contributed by atoms with van der Waals surface area (Å²) in [6.45, 7) is 3.26. The molecule has 0 saturated carbocycles. The first kappa shape index (κ1) is 26.2. The maximum atomic E-state index is 13.0. The standard InChI is InChI=1S/C30H39NO5/c1-2-3-4-5-6-7-8-13-18-35-22-19-28(29(32)33)31(20-22)30(34)36-21-27-25-16-11-9-14-23(25)24-15-10-12-17-26(24)27/h9-12,14-17,22,27-28H,2-8,13,18-21H2,1H3,(H,32,33)/t22-,28+/m1/s1. The number of carbonyl (C=O) groups excluding carboxylic acids is 1. The molecule has 1 N–H and O–H groups in total. The Kier molecular flexibility index (Phi) is 9.40. The molecule has 2 aliphatic rings. The molecular formula is C30H39NO5. The zero-order chi connectivity index (χ0) is 25.3. The van der Waals surface area contributed by atoms with E-state index in [2.05, 4.69) is 31.2 Å². The minimum absolute atomic E-state index is 0.0544. The minimum atomic E-state index is -1.01. The van der Waals surface area contributed by atoms with Gasteiger partial charge in [0.25, 0.3) is 0 Å². The fraction of sp³-hybridized carbons (Fsp3) is 0.533. The maximum absolute atomic E-state index is 13.0. The highest BCUT2D eigenvalue weighted by atomic mass is 16.6. The van der Waals surface area contributed by atoms with Gasteiger partial charge in [-0.15, -0.1) is 0 Å². The number of benzene rings is 2. The van der Waals surface area contributed by atoms with Crippen LogP contribution >= 0.6 is 0 Å². The summed E-state index contributed by atoms with van der Waals surface area (Å²) in [5.74, 6) is -1.07. The number of fused-ring (bicyclic) bond motifs is 3. The van der Waals surface area contributed by atoms with E-state index in [1.807, 2.05) is 24.3 Å². The van der Waals surface area contributed by atoms with Gasteiger partial charge in [-0.1, -0.05) is 100 Å². The van der Waals surface area contributed by atoms with E-state index in [0.717, 1.165) is 35.1 Å². The lowest BCUT2D eigenvalue weighted by Gasteiger charge is -2.22. The van der Waals surface area contributed by atoms with Crippen molar-refractivity contribution in [3.8, 4) is 11.1 Å². The number of carbonyl (C=O) groups is 2. The molecule has 6 nitrogen and oxygen atoms in total. The Bertz CT molecular complexity index is 976. The molecule has 194 valence electrons. The molecule has 36 heavy (non-hydrogen) atoms. The van der Waals surface area contributed by atoms with Crippen LogP contribution in [0.3, 0.4) is 0 Å². The molecule has 6 heteroatoms. The first-order valence-corrected chi connectivity index (χ1v) is 13.6. The largest absolute Gasteiger partial charge is 0.480 e. The molecule has 2 atom stereocenters. The normalized spacial score (nSPS) is 18.8. The number of carboxylic acid groups (broad SMARTS) is 1. The lowest BCUT2D eigenvalue weighted by Crippen LogP contribution is -2.41. The monoisotopic (exact) mass is 493 g/mol. The van der Waals surface area contributed by atoms with Crippen LogP contribution in [0.5, 0.6) is 0 Å². The number of hydrogen-bond donors (Lipinski definition) is 1. The molecular weight excluding hydrogens is 454 g/mol. The molecule has 1 saturated heterocycles. The van der Waals surface area contributed by atoms with Crippen LogP contribution in [0, 0.1) is 0 Å². The highest BCUT2D eigenvalue weighted by Gasteiger charge is 2.41. The lowest BCUT2D eigenvalue weighted by atomic mass is 9.98. The number of ether oxygens (including phenoxy) is 2. The second kappa shape index (κ2) is 12.9. The first-order chi connectivity index (χ1) is 17.6. The summed E-state index contributed by atoms with van der Waals surface area (Å²) in [5.41, 5.74) is 4.59. The van der Waals surface area contributed by atoms with E-state index < -0.39 is 18.1 Å². The summed E-state index contributed by atoms with van der Waals surface area (Å²) in [6, 6.07) is 15.4. The van der Waals surface area contributed by atoms with E-state index in [9.17, 15) is 14.7 Å². The van der Waals surface area contributed by atoms with Crippen molar-refractivity contribution in [1.29, 1.82) is 0 Å². The van der Waals surface area contributed by atoms with Crippen molar-refractivity contribution in [2.24, 2.45) is 0 Å². The van der Waals surface area contributed by atoms with Crippen LogP contribution in [-0.2, 0) is 14.3 Å². The number of likely N-dealkylation sites (tertiary alicyclic amines) is 1. The Morgan fingerprint density at radius 3 is 2.08 bits per heavy atom. The van der Waals surface area contributed by atoms with E-state index >= 15 is 0 Å². The van der Waals surface area contributed by atoms with E-state index in [4.69, 9.17) is 9.47 Å². The van der Waals surface area contributed by atoms with Gasteiger partial charge in [-0.25, -0.2) is 9.59 Å².